The largest absolute Gasteiger partial charge is 0.391 e. The van der Waals surface area contributed by atoms with Crippen LogP contribution in [0.5, 0.6) is 0 Å². The minimum atomic E-state index is -0.367. The smallest absolute Gasteiger partial charge is 0.251 e. The number of rotatable bonds is 5. The number of amides is 1. The number of piperazine rings is 1. The van der Waals surface area contributed by atoms with Crippen molar-refractivity contribution in [2.45, 2.75) is 12.6 Å². The lowest BCUT2D eigenvalue weighted by Crippen LogP contribution is -2.43. The van der Waals surface area contributed by atoms with E-state index in [1.807, 2.05) is 18.2 Å². The Morgan fingerprint density at radius 3 is 2.79 bits per heavy atom. The van der Waals surface area contributed by atoms with Crippen molar-refractivity contribution in [3.8, 4) is 0 Å². The first-order valence-corrected chi connectivity index (χ1v) is 8.78. The van der Waals surface area contributed by atoms with Crippen LogP contribution in [0.1, 0.15) is 15.9 Å². The van der Waals surface area contributed by atoms with Gasteiger partial charge in [0.1, 0.15) is 0 Å². The molecule has 0 saturated carbocycles. The Hall–Kier alpha value is -1.47. The molecule has 0 spiro atoms. The zero-order chi connectivity index (χ0) is 16.9. The normalized spacial score (nSPS) is 25.8. The zero-order valence-electron chi connectivity index (χ0n) is 14.4. The summed E-state index contributed by atoms with van der Waals surface area (Å²) in [6.07, 6.45) is -0.367. The first kappa shape index (κ1) is 17.4. The Balaban J connectivity index is 1.53. The molecule has 2 heterocycles. The Kier molecular flexibility index (Phi) is 5.84. The van der Waals surface area contributed by atoms with Crippen molar-refractivity contribution in [3.05, 3.63) is 35.4 Å². The van der Waals surface area contributed by atoms with Gasteiger partial charge in [-0.1, -0.05) is 12.1 Å². The maximum Gasteiger partial charge on any atom is 0.251 e. The van der Waals surface area contributed by atoms with Crippen LogP contribution in [0.15, 0.2) is 24.3 Å². The van der Waals surface area contributed by atoms with Gasteiger partial charge in [0.05, 0.1) is 6.10 Å². The van der Waals surface area contributed by atoms with Crippen LogP contribution >= 0.6 is 0 Å². The second-order valence-electron chi connectivity index (χ2n) is 6.98. The van der Waals surface area contributed by atoms with Crippen molar-refractivity contribution in [2.24, 2.45) is 5.92 Å². The van der Waals surface area contributed by atoms with Crippen LogP contribution in [-0.4, -0.2) is 79.8 Å². The molecule has 2 unspecified atom stereocenters. The van der Waals surface area contributed by atoms with Gasteiger partial charge in [-0.3, -0.25) is 9.69 Å². The van der Waals surface area contributed by atoms with E-state index in [1.165, 1.54) is 5.56 Å². The summed E-state index contributed by atoms with van der Waals surface area (Å²) >= 11 is 0. The fourth-order valence-corrected chi connectivity index (χ4v) is 3.33. The molecular formula is C18H28N4O2. The number of aliphatic hydroxyl groups is 1. The zero-order valence-corrected chi connectivity index (χ0v) is 14.4. The van der Waals surface area contributed by atoms with Gasteiger partial charge in [0.25, 0.3) is 5.91 Å². The second kappa shape index (κ2) is 8.07. The lowest BCUT2D eigenvalue weighted by Gasteiger charge is -2.32. The van der Waals surface area contributed by atoms with Crippen LogP contribution in [0, 0.1) is 5.92 Å². The molecule has 24 heavy (non-hydrogen) atoms. The molecule has 6 nitrogen and oxygen atoms in total. The summed E-state index contributed by atoms with van der Waals surface area (Å²) in [4.78, 5) is 17.1. The molecule has 0 aromatic heterocycles. The number of benzene rings is 1. The van der Waals surface area contributed by atoms with Crippen LogP contribution in [0.3, 0.4) is 0 Å². The SMILES string of the molecule is CN1CCN(Cc2cccc(C(=O)NCC3CNCC3O)c2)CC1. The maximum absolute atomic E-state index is 12.4. The van der Waals surface area contributed by atoms with Gasteiger partial charge in [-0.05, 0) is 24.7 Å². The molecule has 1 amide bonds. The van der Waals surface area contributed by atoms with E-state index in [0.717, 1.165) is 39.3 Å². The van der Waals surface area contributed by atoms with Gasteiger partial charge in [0.2, 0.25) is 0 Å². The minimum absolute atomic E-state index is 0.0608. The second-order valence-corrected chi connectivity index (χ2v) is 6.98. The highest BCUT2D eigenvalue weighted by atomic mass is 16.3. The summed E-state index contributed by atoms with van der Waals surface area (Å²) < 4.78 is 0. The Morgan fingerprint density at radius 2 is 2.08 bits per heavy atom. The molecule has 6 heteroatoms. The summed E-state index contributed by atoms with van der Waals surface area (Å²) in [5, 5.41) is 15.9. The van der Waals surface area contributed by atoms with E-state index in [2.05, 4.69) is 33.5 Å². The lowest BCUT2D eigenvalue weighted by molar-refractivity contribution is 0.0926. The number of likely N-dealkylation sites (N-methyl/N-ethyl adjacent to an activating group) is 1. The summed E-state index contributed by atoms with van der Waals surface area (Å²) in [6.45, 7) is 7.09. The quantitative estimate of drug-likeness (QED) is 0.693. The van der Waals surface area contributed by atoms with Gasteiger partial charge in [-0.15, -0.1) is 0 Å². The van der Waals surface area contributed by atoms with E-state index in [4.69, 9.17) is 0 Å². The number of nitrogens with zero attached hydrogens (tertiary/aromatic N) is 2. The third-order valence-electron chi connectivity index (χ3n) is 5.02. The molecular weight excluding hydrogens is 304 g/mol. The number of carbonyl (C=O) groups excluding carboxylic acids is 1. The minimum Gasteiger partial charge on any atom is -0.391 e. The number of hydrogen-bond donors (Lipinski definition) is 3. The summed E-state index contributed by atoms with van der Waals surface area (Å²) in [7, 11) is 2.15. The molecule has 1 aromatic carbocycles. The number of aliphatic hydroxyl groups excluding tert-OH is 1. The molecule has 2 aliphatic rings. The molecule has 3 rings (SSSR count). The van der Waals surface area contributed by atoms with Crippen molar-refractivity contribution in [1.29, 1.82) is 0 Å². The Bertz CT molecular complexity index is 558. The molecule has 3 N–H and O–H groups in total. The maximum atomic E-state index is 12.4. The van der Waals surface area contributed by atoms with Crippen molar-refractivity contribution in [2.75, 3.05) is 52.9 Å². The van der Waals surface area contributed by atoms with Gasteiger partial charge in [-0.25, -0.2) is 0 Å². The lowest BCUT2D eigenvalue weighted by atomic mass is 10.1. The molecule has 132 valence electrons. The molecule has 2 fully saturated rings. The highest BCUT2D eigenvalue weighted by Crippen LogP contribution is 2.11. The van der Waals surface area contributed by atoms with Gasteiger partial charge in [0.15, 0.2) is 0 Å². The monoisotopic (exact) mass is 332 g/mol. The van der Waals surface area contributed by atoms with E-state index in [0.29, 0.717) is 18.7 Å². The van der Waals surface area contributed by atoms with Crippen molar-refractivity contribution in [3.63, 3.8) is 0 Å². The predicted octanol–water partition coefficient (Wildman–Crippen LogP) is -0.256. The van der Waals surface area contributed by atoms with E-state index in [9.17, 15) is 9.90 Å². The van der Waals surface area contributed by atoms with E-state index in [-0.39, 0.29) is 17.9 Å². The number of nitrogens with one attached hydrogen (secondary N) is 2. The van der Waals surface area contributed by atoms with Gasteiger partial charge >= 0.3 is 0 Å². The van der Waals surface area contributed by atoms with Crippen LogP contribution in [0.2, 0.25) is 0 Å². The van der Waals surface area contributed by atoms with E-state index < -0.39 is 0 Å². The van der Waals surface area contributed by atoms with Gasteiger partial charge < -0.3 is 20.6 Å². The average molecular weight is 332 g/mol. The molecule has 2 atom stereocenters. The molecule has 0 bridgehead atoms. The number of hydrogen-bond acceptors (Lipinski definition) is 5. The van der Waals surface area contributed by atoms with Crippen molar-refractivity contribution in [1.82, 2.24) is 20.4 Å². The molecule has 1 aromatic rings. The average Bonchev–Trinajstić information content (AvgIpc) is 3.00. The first-order valence-electron chi connectivity index (χ1n) is 8.78. The van der Waals surface area contributed by atoms with Crippen LogP contribution in [-0.2, 0) is 6.54 Å². The van der Waals surface area contributed by atoms with E-state index >= 15 is 0 Å². The van der Waals surface area contributed by atoms with Gasteiger partial charge in [-0.2, -0.15) is 0 Å². The van der Waals surface area contributed by atoms with E-state index in [1.54, 1.807) is 0 Å². The third kappa shape index (κ3) is 4.54. The number of carbonyl (C=O) groups is 1. The Morgan fingerprint density at radius 1 is 1.29 bits per heavy atom. The highest BCUT2D eigenvalue weighted by molar-refractivity contribution is 5.94. The molecule has 2 aliphatic heterocycles. The van der Waals surface area contributed by atoms with Crippen LogP contribution < -0.4 is 10.6 Å². The fourth-order valence-electron chi connectivity index (χ4n) is 3.33. The number of β-amino-alcohol motifs (C(OH)–C–C–N with tert-alkyl or cyclic N) is 1. The van der Waals surface area contributed by atoms with Crippen molar-refractivity contribution >= 4 is 5.91 Å². The summed E-state index contributed by atoms with van der Waals surface area (Å²) in [5.41, 5.74) is 1.87. The van der Waals surface area contributed by atoms with Crippen LogP contribution in [0.25, 0.3) is 0 Å². The van der Waals surface area contributed by atoms with Crippen LogP contribution in [0.4, 0.5) is 0 Å². The fraction of sp³-hybridized carbons (Fsp3) is 0.611. The standard InChI is InChI=1S/C18H28N4O2/c1-21-5-7-22(8-6-21)13-14-3-2-4-15(9-14)18(24)20-11-16-10-19-12-17(16)23/h2-4,9,16-17,19,23H,5-8,10-13H2,1H3,(H,20,24). The molecule has 2 saturated heterocycles. The van der Waals surface area contributed by atoms with Crippen molar-refractivity contribution < 1.29 is 9.90 Å². The molecule has 0 aliphatic carbocycles. The Labute approximate surface area is 143 Å². The summed E-state index contributed by atoms with van der Waals surface area (Å²) in [5.74, 6) is 0.0387. The predicted molar refractivity (Wildman–Crippen MR) is 93.9 cm³/mol. The third-order valence-corrected chi connectivity index (χ3v) is 5.02. The topological polar surface area (TPSA) is 67.8 Å². The first-order chi connectivity index (χ1) is 11.6. The highest BCUT2D eigenvalue weighted by Gasteiger charge is 2.25. The summed E-state index contributed by atoms with van der Waals surface area (Å²) in [6, 6.07) is 7.87. The van der Waals surface area contributed by atoms with Gasteiger partial charge in [0, 0.05) is 63.8 Å². The molecule has 0 radical (unpaired) electrons.